The number of nitrogens with zero attached hydrogens (tertiary/aromatic N) is 2. The van der Waals surface area contributed by atoms with E-state index in [1.807, 2.05) is 0 Å². The van der Waals surface area contributed by atoms with Gasteiger partial charge in [0.1, 0.15) is 5.82 Å². The molecular weight excluding hydrogens is 432 g/mol. The first-order valence-corrected chi connectivity index (χ1v) is 11.1. The van der Waals surface area contributed by atoms with Gasteiger partial charge in [-0.1, -0.05) is 6.07 Å². The fourth-order valence-corrected chi connectivity index (χ4v) is 4.09. The smallest absolute Gasteiger partial charge is 0.262 e. The van der Waals surface area contributed by atoms with Crippen LogP contribution >= 0.6 is 0 Å². The molecule has 9 nitrogen and oxygen atoms in total. The van der Waals surface area contributed by atoms with Crippen molar-refractivity contribution in [1.82, 2.24) is 9.97 Å². The Morgan fingerprint density at radius 1 is 1.00 bits per heavy atom. The van der Waals surface area contributed by atoms with Crippen LogP contribution in [0.15, 0.2) is 53.6 Å². The van der Waals surface area contributed by atoms with Gasteiger partial charge in [-0.25, -0.2) is 18.4 Å². The maximum Gasteiger partial charge on any atom is 0.262 e. The van der Waals surface area contributed by atoms with Gasteiger partial charge in [0.05, 0.1) is 43.1 Å². The predicted molar refractivity (Wildman–Crippen MR) is 121 cm³/mol. The van der Waals surface area contributed by atoms with E-state index in [0.717, 1.165) is 5.56 Å². The van der Waals surface area contributed by atoms with E-state index in [-0.39, 0.29) is 17.2 Å². The summed E-state index contributed by atoms with van der Waals surface area (Å²) < 4.78 is 38.2. The molecule has 2 N–H and O–H groups in total. The summed E-state index contributed by atoms with van der Waals surface area (Å²) in [6.07, 6.45) is 1.55. The molecule has 0 saturated carbocycles. The van der Waals surface area contributed by atoms with Crippen LogP contribution in [-0.2, 0) is 21.2 Å². The number of carbonyl (C=O) groups excluding carboxylic acids is 1. The summed E-state index contributed by atoms with van der Waals surface area (Å²) in [5.41, 5.74) is 2.06. The molecule has 1 heterocycles. The highest BCUT2D eigenvalue weighted by Crippen LogP contribution is 2.28. The molecule has 0 radical (unpaired) electrons. The summed E-state index contributed by atoms with van der Waals surface area (Å²) in [6.45, 7) is 3.42. The average Bonchev–Trinajstić information content (AvgIpc) is 2.76. The Hall–Kier alpha value is -3.66. The molecule has 1 amide bonds. The third kappa shape index (κ3) is 5.52. The number of benzene rings is 2. The number of hydrogen-bond donors (Lipinski definition) is 2. The van der Waals surface area contributed by atoms with Gasteiger partial charge in [0.15, 0.2) is 11.5 Å². The fourth-order valence-electron chi connectivity index (χ4n) is 2.99. The Morgan fingerprint density at radius 2 is 1.69 bits per heavy atom. The number of aryl methyl sites for hydroxylation is 2. The maximum atomic E-state index is 12.6. The Balaban J connectivity index is 1.66. The molecule has 2 aromatic carbocycles. The minimum atomic E-state index is -3.83. The summed E-state index contributed by atoms with van der Waals surface area (Å²) in [5.74, 6) is 1.42. The highest BCUT2D eigenvalue weighted by molar-refractivity contribution is 7.92. The zero-order valence-electron chi connectivity index (χ0n) is 18.2. The van der Waals surface area contributed by atoms with Crippen molar-refractivity contribution in [3.8, 4) is 11.5 Å². The van der Waals surface area contributed by atoms with Crippen molar-refractivity contribution in [2.45, 2.75) is 25.2 Å². The average molecular weight is 457 g/mol. The lowest BCUT2D eigenvalue weighted by atomic mass is 10.1. The molecule has 0 aliphatic heterocycles. The first kappa shape index (κ1) is 23.0. The summed E-state index contributed by atoms with van der Waals surface area (Å²) >= 11 is 0. The minimum absolute atomic E-state index is 0.0513. The molecule has 3 aromatic rings. The van der Waals surface area contributed by atoms with E-state index in [2.05, 4.69) is 20.0 Å². The number of anilines is 2. The second kappa shape index (κ2) is 9.65. The molecule has 0 spiro atoms. The molecule has 0 bridgehead atoms. The number of rotatable bonds is 8. The van der Waals surface area contributed by atoms with Crippen LogP contribution in [0.2, 0.25) is 0 Å². The van der Waals surface area contributed by atoms with Crippen LogP contribution in [-0.4, -0.2) is 38.5 Å². The van der Waals surface area contributed by atoms with E-state index < -0.39 is 10.0 Å². The lowest BCUT2D eigenvalue weighted by molar-refractivity contribution is -0.115. The van der Waals surface area contributed by atoms with Crippen molar-refractivity contribution in [3.63, 3.8) is 0 Å². The van der Waals surface area contributed by atoms with Crippen LogP contribution in [0, 0.1) is 13.8 Å². The Morgan fingerprint density at radius 3 is 2.31 bits per heavy atom. The monoisotopic (exact) mass is 456 g/mol. The van der Waals surface area contributed by atoms with Crippen molar-refractivity contribution in [1.29, 1.82) is 0 Å². The molecule has 0 unspecified atom stereocenters. The van der Waals surface area contributed by atoms with Crippen LogP contribution in [0.3, 0.4) is 0 Å². The molecule has 0 atom stereocenters. The lowest BCUT2D eigenvalue weighted by Crippen LogP contribution is -2.16. The highest BCUT2D eigenvalue weighted by atomic mass is 32.2. The lowest BCUT2D eigenvalue weighted by Gasteiger charge is -2.11. The Labute approximate surface area is 186 Å². The maximum absolute atomic E-state index is 12.6. The third-order valence-electron chi connectivity index (χ3n) is 4.61. The quantitative estimate of drug-likeness (QED) is 0.534. The first-order chi connectivity index (χ1) is 15.2. The molecule has 0 aliphatic carbocycles. The van der Waals surface area contributed by atoms with Crippen LogP contribution in [0.25, 0.3) is 0 Å². The number of ether oxygens (including phenoxy) is 2. The van der Waals surface area contributed by atoms with Gasteiger partial charge in [-0.15, -0.1) is 0 Å². The van der Waals surface area contributed by atoms with E-state index >= 15 is 0 Å². The summed E-state index contributed by atoms with van der Waals surface area (Å²) in [7, 11) is -0.757. The SMILES string of the molecule is COc1ccc(CC(=O)Nc2ccc(S(=O)(=O)Nc3cnc(C)nc3C)cc2)cc1OC. The van der Waals surface area contributed by atoms with Crippen LogP contribution in [0.1, 0.15) is 17.1 Å². The molecular formula is C22H24N4O5S. The zero-order valence-corrected chi connectivity index (χ0v) is 19.0. The molecule has 1 aromatic heterocycles. The summed E-state index contributed by atoms with van der Waals surface area (Å²) in [5, 5.41) is 2.75. The molecule has 0 aliphatic rings. The van der Waals surface area contributed by atoms with Crippen LogP contribution in [0.5, 0.6) is 11.5 Å². The van der Waals surface area contributed by atoms with E-state index in [1.165, 1.54) is 37.6 Å². The van der Waals surface area contributed by atoms with E-state index in [4.69, 9.17) is 9.47 Å². The molecule has 0 saturated heterocycles. The van der Waals surface area contributed by atoms with Crippen molar-refractivity contribution in [2.75, 3.05) is 24.3 Å². The number of sulfonamides is 1. The number of methoxy groups -OCH3 is 2. The number of carbonyl (C=O) groups is 1. The van der Waals surface area contributed by atoms with Gasteiger partial charge in [-0.2, -0.15) is 0 Å². The van der Waals surface area contributed by atoms with Crippen molar-refractivity contribution in [3.05, 3.63) is 65.7 Å². The molecule has 168 valence electrons. The van der Waals surface area contributed by atoms with Crippen LogP contribution in [0.4, 0.5) is 11.4 Å². The van der Waals surface area contributed by atoms with Crippen molar-refractivity contribution >= 4 is 27.3 Å². The van der Waals surface area contributed by atoms with E-state index in [1.54, 1.807) is 39.2 Å². The van der Waals surface area contributed by atoms with Crippen LogP contribution < -0.4 is 19.5 Å². The number of hydrogen-bond acceptors (Lipinski definition) is 7. The minimum Gasteiger partial charge on any atom is -0.493 e. The van der Waals surface area contributed by atoms with Crippen molar-refractivity contribution in [2.24, 2.45) is 0 Å². The fraction of sp³-hybridized carbons (Fsp3) is 0.227. The van der Waals surface area contributed by atoms with Gasteiger partial charge in [-0.3, -0.25) is 9.52 Å². The largest absolute Gasteiger partial charge is 0.493 e. The van der Waals surface area contributed by atoms with Gasteiger partial charge in [0.2, 0.25) is 5.91 Å². The zero-order chi connectivity index (χ0) is 23.3. The summed E-state index contributed by atoms with van der Waals surface area (Å²) in [4.78, 5) is 20.6. The highest BCUT2D eigenvalue weighted by Gasteiger charge is 2.16. The summed E-state index contributed by atoms with van der Waals surface area (Å²) in [6, 6.07) is 11.1. The molecule has 10 heteroatoms. The Bertz CT molecular complexity index is 1230. The molecule has 32 heavy (non-hydrogen) atoms. The number of amides is 1. The Kier molecular flexibility index (Phi) is 6.94. The van der Waals surface area contributed by atoms with Gasteiger partial charge >= 0.3 is 0 Å². The van der Waals surface area contributed by atoms with E-state index in [0.29, 0.717) is 34.4 Å². The molecule has 0 fully saturated rings. The standard InChI is InChI=1S/C22H24N4O5S/c1-14-19(13-23-15(2)24-14)26-32(28,29)18-8-6-17(7-9-18)25-22(27)12-16-5-10-20(30-3)21(11-16)31-4/h5-11,13,26H,12H2,1-4H3,(H,25,27). The molecule has 3 rings (SSSR count). The van der Waals surface area contributed by atoms with Gasteiger partial charge in [0, 0.05) is 5.69 Å². The predicted octanol–water partition coefficient (Wildman–Crippen LogP) is 3.09. The topological polar surface area (TPSA) is 120 Å². The third-order valence-corrected chi connectivity index (χ3v) is 5.99. The number of aromatic nitrogens is 2. The second-order valence-electron chi connectivity index (χ2n) is 6.96. The van der Waals surface area contributed by atoms with Gasteiger partial charge in [-0.05, 0) is 55.8 Å². The van der Waals surface area contributed by atoms with E-state index in [9.17, 15) is 13.2 Å². The second-order valence-corrected chi connectivity index (χ2v) is 8.64. The van der Waals surface area contributed by atoms with Crippen molar-refractivity contribution < 1.29 is 22.7 Å². The van der Waals surface area contributed by atoms with Gasteiger partial charge < -0.3 is 14.8 Å². The normalized spacial score (nSPS) is 11.0. The number of nitrogens with one attached hydrogen (secondary N) is 2. The first-order valence-electron chi connectivity index (χ1n) is 9.65. The van der Waals surface area contributed by atoms with Gasteiger partial charge in [0.25, 0.3) is 10.0 Å².